The molecule has 0 unspecified atom stereocenters. The van der Waals surface area contributed by atoms with E-state index < -0.39 is 0 Å². The fourth-order valence-corrected chi connectivity index (χ4v) is 4.31. The summed E-state index contributed by atoms with van der Waals surface area (Å²) < 4.78 is 34.9. The van der Waals surface area contributed by atoms with Crippen molar-refractivity contribution in [1.82, 2.24) is 25.0 Å². The van der Waals surface area contributed by atoms with Gasteiger partial charge in [-0.15, -0.1) is 10.2 Å². The van der Waals surface area contributed by atoms with Crippen LogP contribution in [-0.2, 0) is 0 Å². The summed E-state index contributed by atoms with van der Waals surface area (Å²) in [5, 5.41) is 13.9. The smallest absolute Gasteiger partial charge is 0.204 e. The Morgan fingerprint density at radius 2 is 1.10 bits per heavy atom. The van der Waals surface area contributed by atoms with Gasteiger partial charge in [-0.05, 0) is 36.4 Å². The number of rotatable bonds is 9. The zero-order valence-electron chi connectivity index (χ0n) is 22.4. The minimum atomic E-state index is 0.350. The van der Waals surface area contributed by atoms with Gasteiger partial charge in [0.15, 0.2) is 28.8 Å². The Morgan fingerprint density at radius 3 is 1.59 bits per heavy atom. The lowest BCUT2D eigenvalue weighted by molar-refractivity contribution is 0.324. The van der Waals surface area contributed by atoms with Crippen LogP contribution in [0, 0.1) is 0 Å². The van der Waals surface area contributed by atoms with Crippen molar-refractivity contribution in [3.05, 3.63) is 54.6 Å². The number of nitrogens with zero attached hydrogens (tertiary/aromatic N) is 5. The second kappa shape index (κ2) is 10.7. The summed E-state index contributed by atoms with van der Waals surface area (Å²) in [6, 6.07) is 16.8. The zero-order chi connectivity index (χ0) is 27.5. The Bertz CT molecular complexity index is 1590. The maximum Gasteiger partial charge on any atom is 0.204 e. The molecule has 0 aliphatic rings. The number of fused-ring (bicyclic) bond motifs is 1. The first-order valence-corrected chi connectivity index (χ1v) is 11.9. The lowest BCUT2D eigenvalue weighted by Crippen LogP contribution is -2.01. The number of hydrogen-bond donors (Lipinski definition) is 0. The summed E-state index contributed by atoms with van der Waals surface area (Å²) in [7, 11) is 9.33. The lowest BCUT2D eigenvalue weighted by Gasteiger charge is -2.14. The van der Waals surface area contributed by atoms with E-state index in [0.717, 1.165) is 5.69 Å². The predicted molar refractivity (Wildman–Crippen MR) is 145 cm³/mol. The van der Waals surface area contributed by atoms with E-state index >= 15 is 0 Å². The van der Waals surface area contributed by atoms with Crippen molar-refractivity contribution in [1.29, 1.82) is 0 Å². The summed E-state index contributed by atoms with van der Waals surface area (Å²) in [6.45, 7) is 0. The number of aromatic nitrogens is 5. The highest BCUT2D eigenvalue weighted by Crippen LogP contribution is 2.43. The molecule has 200 valence electrons. The molecule has 0 atom stereocenters. The highest BCUT2D eigenvalue weighted by molar-refractivity contribution is 5.90. The molecule has 0 radical (unpaired) electrons. The van der Waals surface area contributed by atoms with Gasteiger partial charge in [-0.2, -0.15) is 5.10 Å². The van der Waals surface area contributed by atoms with Crippen LogP contribution < -0.4 is 28.4 Å². The number of para-hydroxylation sites is 1. The minimum Gasteiger partial charge on any atom is -0.493 e. The summed E-state index contributed by atoms with van der Waals surface area (Å²) in [5.41, 5.74) is 3.67. The van der Waals surface area contributed by atoms with Gasteiger partial charge in [0, 0.05) is 11.1 Å². The van der Waals surface area contributed by atoms with Crippen molar-refractivity contribution in [3.63, 3.8) is 0 Å². The van der Waals surface area contributed by atoms with Gasteiger partial charge in [-0.3, -0.25) is 0 Å². The third kappa shape index (κ3) is 4.48. The quantitative estimate of drug-likeness (QED) is 0.269. The van der Waals surface area contributed by atoms with Gasteiger partial charge >= 0.3 is 0 Å². The third-order valence-electron chi connectivity index (χ3n) is 6.16. The van der Waals surface area contributed by atoms with Crippen LogP contribution in [0.25, 0.3) is 39.5 Å². The number of methoxy groups -OCH3 is 6. The average Bonchev–Trinajstić information content (AvgIpc) is 3.38. The van der Waals surface area contributed by atoms with Gasteiger partial charge in [-0.25, -0.2) is 9.67 Å². The first-order chi connectivity index (χ1) is 19.1. The first kappa shape index (κ1) is 25.6. The van der Waals surface area contributed by atoms with E-state index in [1.807, 2.05) is 42.5 Å². The van der Waals surface area contributed by atoms with Crippen LogP contribution in [0.4, 0.5) is 0 Å². The molecule has 0 fully saturated rings. The van der Waals surface area contributed by atoms with Crippen LogP contribution in [0.1, 0.15) is 0 Å². The Hall–Kier alpha value is -5.06. The van der Waals surface area contributed by atoms with E-state index in [1.165, 1.54) is 0 Å². The fourth-order valence-electron chi connectivity index (χ4n) is 4.31. The minimum absolute atomic E-state index is 0.350. The molecule has 2 aromatic heterocycles. The van der Waals surface area contributed by atoms with E-state index in [-0.39, 0.29) is 0 Å². The lowest BCUT2D eigenvalue weighted by atomic mass is 10.1. The molecule has 0 amide bonds. The molecule has 5 rings (SSSR count). The number of ether oxygens (including phenoxy) is 6. The molecule has 0 aliphatic heterocycles. The normalized spacial score (nSPS) is 10.8. The Kier molecular flexibility index (Phi) is 7.04. The Morgan fingerprint density at radius 1 is 0.590 bits per heavy atom. The molecule has 11 nitrogen and oxygen atoms in total. The molecule has 39 heavy (non-hydrogen) atoms. The molecular formula is C28H27N5O6. The fraction of sp³-hybridized carbons (Fsp3) is 0.214. The van der Waals surface area contributed by atoms with Crippen molar-refractivity contribution < 1.29 is 28.4 Å². The molecule has 0 spiro atoms. The molecule has 0 aliphatic carbocycles. The SMILES string of the molecule is COc1cc(-c2nnc3c(n2)c(-c2cc(OC)c(OC)c(OC)c2)nn3-c2ccccc2)cc(OC)c1OC. The van der Waals surface area contributed by atoms with E-state index in [2.05, 4.69) is 10.2 Å². The van der Waals surface area contributed by atoms with Crippen molar-refractivity contribution in [2.45, 2.75) is 0 Å². The van der Waals surface area contributed by atoms with E-state index in [4.69, 9.17) is 38.5 Å². The highest BCUT2D eigenvalue weighted by Gasteiger charge is 2.23. The monoisotopic (exact) mass is 529 g/mol. The molecule has 5 aromatic rings. The summed E-state index contributed by atoms with van der Waals surface area (Å²) in [6.07, 6.45) is 0. The zero-order valence-corrected chi connectivity index (χ0v) is 22.4. The molecule has 3 aromatic carbocycles. The molecule has 11 heteroatoms. The van der Waals surface area contributed by atoms with Crippen molar-refractivity contribution in [2.75, 3.05) is 42.7 Å². The van der Waals surface area contributed by atoms with Gasteiger partial charge in [0.2, 0.25) is 17.1 Å². The number of benzene rings is 3. The molecule has 2 heterocycles. The van der Waals surface area contributed by atoms with Crippen molar-refractivity contribution in [2.24, 2.45) is 0 Å². The van der Waals surface area contributed by atoms with Gasteiger partial charge in [0.25, 0.3) is 0 Å². The summed E-state index contributed by atoms with van der Waals surface area (Å²) in [4.78, 5) is 4.91. The van der Waals surface area contributed by atoms with Gasteiger partial charge in [-0.1, -0.05) is 18.2 Å². The van der Waals surface area contributed by atoms with Crippen LogP contribution >= 0.6 is 0 Å². The predicted octanol–water partition coefficient (Wildman–Crippen LogP) is 4.60. The Labute approximate surface area is 224 Å². The second-order valence-electron chi connectivity index (χ2n) is 8.23. The van der Waals surface area contributed by atoms with Crippen LogP contribution in [0.3, 0.4) is 0 Å². The van der Waals surface area contributed by atoms with Crippen LogP contribution in [0.5, 0.6) is 34.5 Å². The standard InChI is InChI=1S/C28H27N5O6/c1-34-19-12-16(13-20(35-2)25(19)38-5)23-24-28(33(32-23)18-10-8-7-9-11-18)31-30-27(29-24)17-14-21(36-3)26(39-6)22(15-17)37-4/h7-15H,1-6H3. The van der Waals surface area contributed by atoms with E-state index in [9.17, 15) is 0 Å². The van der Waals surface area contributed by atoms with Crippen LogP contribution in [0.15, 0.2) is 54.6 Å². The first-order valence-electron chi connectivity index (χ1n) is 11.9. The molecular weight excluding hydrogens is 502 g/mol. The Balaban J connectivity index is 1.78. The van der Waals surface area contributed by atoms with Gasteiger partial charge in [0.1, 0.15) is 11.2 Å². The van der Waals surface area contributed by atoms with E-state index in [0.29, 0.717) is 68.3 Å². The molecule has 0 saturated heterocycles. The van der Waals surface area contributed by atoms with Gasteiger partial charge in [0.05, 0.1) is 48.3 Å². The second-order valence-corrected chi connectivity index (χ2v) is 8.23. The third-order valence-corrected chi connectivity index (χ3v) is 6.16. The summed E-state index contributed by atoms with van der Waals surface area (Å²) in [5.74, 6) is 3.21. The molecule has 0 saturated carbocycles. The largest absolute Gasteiger partial charge is 0.493 e. The maximum absolute atomic E-state index is 5.58. The number of hydrogen-bond acceptors (Lipinski definition) is 10. The van der Waals surface area contributed by atoms with Crippen molar-refractivity contribution >= 4 is 11.2 Å². The molecule has 0 N–H and O–H groups in total. The highest BCUT2D eigenvalue weighted by atomic mass is 16.5. The van der Waals surface area contributed by atoms with Crippen LogP contribution in [-0.4, -0.2) is 67.6 Å². The van der Waals surface area contributed by atoms with Gasteiger partial charge < -0.3 is 28.4 Å². The topological polar surface area (TPSA) is 112 Å². The summed E-state index contributed by atoms with van der Waals surface area (Å²) >= 11 is 0. The van der Waals surface area contributed by atoms with Crippen LogP contribution in [0.2, 0.25) is 0 Å². The van der Waals surface area contributed by atoms with Crippen molar-refractivity contribution in [3.8, 4) is 62.8 Å². The maximum atomic E-state index is 5.58. The average molecular weight is 530 g/mol. The van der Waals surface area contributed by atoms with E-state index in [1.54, 1.807) is 59.5 Å². The molecule has 0 bridgehead atoms.